The lowest BCUT2D eigenvalue weighted by molar-refractivity contribution is 0.503. The first-order valence-corrected chi connectivity index (χ1v) is 10.4. The van der Waals surface area contributed by atoms with Gasteiger partial charge >= 0.3 is 0 Å². The molecule has 3 rings (SSSR count). The second kappa shape index (κ2) is 10.4. The summed E-state index contributed by atoms with van der Waals surface area (Å²) < 4.78 is 0. The van der Waals surface area contributed by atoms with Crippen LogP contribution in [0.15, 0.2) is 47.1 Å². The summed E-state index contributed by atoms with van der Waals surface area (Å²) in [5.41, 5.74) is 13.6. The zero-order valence-electron chi connectivity index (χ0n) is 15.9. The molecule has 1 heterocycles. The van der Waals surface area contributed by atoms with Crippen molar-refractivity contribution in [3.8, 4) is 0 Å². The topological polar surface area (TPSA) is 62.4 Å². The summed E-state index contributed by atoms with van der Waals surface area (Å²) in [5.74, 6) is 0. The third kappa shape index (κ3) is 6.17. The van der Waals surface area contributed by atoms with E-state index in [1.165, 1.54) is 49.8 Å². The molecule has 0 saturated carbocycles. The Kier molecular flexibility index (Phi) is 7.56. The minimum absolute atomic E-state index is 0.148. The van der Waals surface area contributed by atoms with Gasteiger partial charge in [-0.05, 0) is 62.7 Å². The second-order valence-electron chi connectivity index (χ2n) is 7.68. The third-order valence-electron chi connectivity index (χ3n) is 5.40. The van der Waals surface area contributed by atoms with Gasteiger partial charge in [-0.1, -0.05) is 43.5 Å². The Labute approximate surface area is 158 Å². The zero-order valence-corrected chi connectivity index (χ0v) is 15.9. The van der Waals surface area contributed by atoms with Gasteiger partial charge < -0.3 is 11.1 Å². The van der Waals surface area contributed by atoms with E-state index in [-0.39, 0.29) is 12.2 Å². The fourth-order valence-corrected chi connectivity index (χ4v) is 3.87. The molecule has 0 radical (unpaired) electrons. The van der Waals surface area contributed by atoms with Crippen LogP contribution >= 0.6 is 0 Å². The highest BCUT2D eigenvalue weighted by atomic mass is 15.4. The van der Waals surface area contributed by atoms with E-state index in [4.69, 9.17) is 10.8 Å². The molecule has 4 nitrogen and oxygen atoms in total. The summed E-state index contributed by atoms with van der Waals surface area (Å²) in [7, 11) is 0. The lowest BCUT2D eigenvalue weighted by Crippen LogP contribution is -2.33. The molecule has 2 aliphatic rings. The van der Waals surface area contributed by atoms with Crippen molar-refractivity contribution >= 4 is 11.4 Å². The number of hydrazone groups is 1. The van der Waals surface area contributed by atoms with Gasteiger partial charge in [-0.2, -0.15) is 5.10 Å². The van der Waals surface area contributed by atoms with E-state index < -0.39 is 0 Å². The molecule has 0 saturated heterocycles. The second-order valence-corrected chi connectivity index (χ2v) is 7.68. The Morgan fingerprint density at radius 3 is 2.65 bits per heavy atom. The van der Waals surface area contributed by atoms with Crippen molar-refractivity contribution in [1.82, 2.24) is 5.43 Å². The average Bonchev–Trinajstić information content (AvgIpc) is 2.84. The smallest absolute Gasteiger partial charge is 0.113 e. The summed E-state index contributed by atoms with van der Waals surface area (Å²) in [4.78, 5) is 0. The lowest BCUT2D eigenvalue weighted by atomic mass is 9.96. The minimum Gasteiger partial charge on any atom is -0.364 e. The largest absolute Gasteiger partial charge is 0.364 e. The molecule has 0 bridgehead atoms. The van der Waals surface area contributed by atoms with Crippen molar-refractivity contribution in [2.45, 2.75) is 82.8 Å². The van der Waals surface area contributed by atoms with Gasteiger partial charge in [0.25, 0.3) is 0 Å². The van der Waals surface area contributed by atoms with Crippen LogP contribution in [-0.4, -0.2) is 17.9 Å². The van der Waals surface area contributed by atoms with Crippen LogP contribution in [0.5, 0.6) is 0 Å². The minimum atomic E-state index is 0.148. The fraction of sp³-hybridized carbons (Fsp3) is 0.591. The van der Waals surface area contributed by atoms with E-state index in [0.29, 0.717) is 0 Å². The van der Waals surface area contributed by atoms with Crippen LogP contribution in [0.3, 0.4) is 0 Å². The average molecular weight is 355 g/mol. The molecule has 4 heteroatoms. The monoisotopic (exact) mass is 354 g/mol. The summed E-state index contributed by atoms with van der Waals surface area (Å²) >= 11 is 0. The van der Waals surface area contributed by atoms with E-state index in [1.54, 1.807) is 0 Å². The number of allylic oxidation sites excluding steroid dienone is 2. The predicted molar refractivity (Wildman–Crippen MR) is 111 cm³/mol. The number of hydrogen-bond donors (Lipinski definition) is 3. The Morgan fingerprint density at radius 1 is 0.962 bits per heavy atom. The zero-order chi connectivity index (χ0) is 18.0. The van der Waals surface area contributed by atoms with Crippen molar-refractivity contribution in [3.05, 3.63) is 42.0 Å². The molecular weight excluding hydrogens is 320 g/mol. The van der Waals surface area contributed by atoms with Crippen molar-refractivity contribution in [2.24, 2.45) is 10.8 Å². The van der Waals surface area contributed by atoms with Crippen LogP contribution in [0.1, 0.15) is 70.6 Å². The molecule has 4 N–H and O–H groups in total. The van der Waals surface area contributed by atoms with Gasteiger partial charge in [-0.25, -0.2) is 0 Å². The third-order valence-corrected chi connectivity index (χ3v) is 5.40. The number of hydrogen-bond acceptors (Lipinski definition) is 4. The molecule has 2 unspecified atom stereocenters. The number of para-hydroxylation sites is 1. The van der Waals surface area contributed by atoms with Gasteiger partial charge in [-0.15, -0.1) is 0 Å². The van der Waals surface area contributed by atoms with Crippen LogP contribution in [-0.2, 0) is 0 Å². The number of rotatable bonds is 3. The SMILES string of the molecule is NC1CCCC(Nc2ccccc2)N/N=C(/C2=C\CCCCCCC2)C1. The molecule has 1 aromatic rings. The Balaban J connectivity index is 1.72. The highest BCUT2D eigenvalue weighted by Gasteiger charge is 2.17. The van der Waals surface area contributed by atoms with Gasteiger partial charge in [0.2, 0.25) is 0 Å². The van der Waals surface area contributed by atoms with Gasteiger partial charge in [0.1, 0.15) is 6.17 Å². The summed E-state index contributed by atoms with van der Waals surface area (Å²) in [6, 6.07) is 10.6. The standard InChI is InChI=1S/C22H34N4/c23-19-13-10-16-22(24-20-14-8-5-9-15-20)26-25-21(17-19)18-11-6-3-1-2-4-7-12-18/h5,8-9,11,14-15,19,22,24,26H,1-4,6-7,10,12-13,16-17,23H2/b18-11-,25-21+. The predicted octanol–water partition coefficient (Wildman–Crippen LogP) is 4.94. The van der Waals surface area contributed by atoms with Crippen molar-refractivity contribution < 1.29 is 0 Å². The lowest BCUT2D eigenvalue weighted by Gasteiger charge is -2.20. The fourth-order valence-electron chi connectivity index (χ4n) is 3.87. The molecule has 1 aliphatic carbocycles. The van der Waals surface area contributed by atoms with Crippen LogP contribution in [0, 0.1) is 0 Å². The van der Waals surface area contributed by atoms with Crippen molar-refractivity contribution in [3.63, 3.8) is 0 Å². The summed E-state index contributed by atoms with van der Waals surface area (Å²) in [5, 5.41) is 8.42. The van der Waals surface area contributed by atoms with Crippen molar-refractivity contribution in [2.75, 3.05) is 5.32 Å². The van der Waals surface area contributed by atoms with Crippen LogP contribution in [0.25, 0.3) is 0 Å². The molecule has 2 atom stereocenters. The number of anilines is 1. The molecular formula is C22H34N4. The number of nitrogens with one attached hydrogen (secondary N) is 2. The molecule has 0 spiro atoms. The highest BCUT2D eigenvalue weighted by Crippen LogP contribution is 2.21. The molecule has 0 aromatic heterocycles. The summed E-state index contributed by atoms with van der Waals surface area (Å²) in [6.45, 7) is 0. The van der Waals surface area contributed by atoms with Gasteiger partial charge in [0.15, 0.2) is 0 Å². The van der Waals surface area contributed by atoms with E-state index in [0.717, 1.165) is 37.8 Å². The maximum Gasteiger partial charge on any atom is 0.113 e. The van der Waals surface area contributed by atoms with E-state index in [2.05, 4.69) is 41.1 Å². The normalized spacial score (nSPS) is 29.7. The van der Waals surface area contributed by atoms with Crippen LogP contribution in [0.4, 0.5) is 5.69 Å². The molecule has 1 aromatic carbocycles. The first kappa shape index (κ1) is 19.0. The number of nitrogens with two attached hydrogens (primary N) is 1. The molecule has 26 heavy (non-hydrogen) atoms. The quantitative estimate of drug-likeness (QED) is 0.720. The maximum atomic E-state index is 6.41. The van der Waals surface area contributed by atoms with Crippen LogP contribution in [0.2, 0.25) is 0 Å². The van der Waals surface area contributed by atoms with E-state index in [1.807, 2.05) is 6.07 Å². The van der Waals surface area contributed by atoms with Gasteiger partial charge in [-0.3, -0.25) is 5.43 Å². The van der Waals surface area contributed by atoms with E-state index in [9.17, 15) is 0 Å². The first-order chi connectivity index (χ1) is 12.8. The summed E-state index contributed by atoms with van der Waals surface area (Å²) in [6.07, 6.45) is 15.6. The molecule has 0 amide bonds. The van der Waals surface area contributed by atoms with E-state index >= 15 is 0 Å². The van der Waals surface area contributed by atoms with Crippen LogP contribution < -0.4 is 16.5 Å². The number of nitrogens with zero attached hydrogens (tertiary/aromatic N) is 1. The first-order valence-electron chi connectivity index (χ1n) is 10.4. The molecule has 0 fully saturated rings. The Hall–Kier alpha value is -1.81. The molecule has 1 aliphatic heterocycles. The van der Waals surface area contributed by atoms with Gasteiger partial charge in [0, 0.05) is 18.2 Å². The Morgan fingerprint density at radius 2 is 1.77 bits per heavy atom. The highest BCUT2D eigenvalue weighted by molar-refractivity contribution is 6.00. The maximum absolute atomic E-state index is 6.41. The van der Waals surface area contributed by atoms with Gasteiger partial charge in [0.05, 0.1) is 5.71 Å². The Bertz CT molecular complexity index is 593. The molecule has 142 valence electrons. The number of benzene rings is 1. The van der Waals surface area contributed by atoms with Crippen molar-refractivity contribution in [1.29, 1.82) is 0 Å².